The fraction of sp³-hybridized carbons (Fsp3) is 0.692. The fourth-order valence-electron chi connectivity index (χ4n) is 4.02. The summed E-state index contributed by atoms with van der Waals surface area (Å²) in [4.78, 5) is 45.4. The zero-order valence-corrected chi connectivity index (χ0v) is 26.0. The number of halogens is 2. The zero-order chi connectivity index (χ0) is 34.1. The van der Waals surface area contributed by atoms with E-state index in [9.17, 15) is 38.6 Å². The predicted octanol–water partition coefficient (Wildman–Crippen LogP) is 3.96. The maximum absolute atomic E-state index is 14.3. The van der Waals surface area contributed by atoms with Crippen molar-refractivity contribution in [1.82, 2.24) is 29.8 Å². The predicted molar refractivity (Wildman–Crippen MR) is 154 cm³/mol. The molecular formula is C26H40F2N8O9. The maximum atomic E-state index is 14.3. The summed E-state index contributed by atoms with van der Waals surface area (Å²) >= 11 is 0. The van der Waals surface area contributed by atoms with Crippen LogP contribution in [0.4, 0.5) is 29.7 Å². The van der Waals surface area contributed by atoms with Crippen LogP contribution in [0.2, 0.25) is 0 Å². The van der Waals surface area contributed by atoms with Crippen LogP contribution in [0.25, 0.3) is 0 Å². The Kier molecular flexibility index (Phi) is 12.7. The van der Waals surface area contributed by atoms with E-state index in [4.69, 9.17) is 14.6 Å². The number of alkyl halides is 2. The lowest BCUT2D eigenvalue weighted by Gasteiger charge is -2.35. The average Bonchev–Trinajstić information content (AvgIpc) is 3.62. The molecule has 17 nitrogen and oxygen atoms in total. The van der Waals surface area contributed by atoms with Crippen LogP contribution in [0, 0.1) is 20.2 Å². The molecule has 0 spiro atoms. The molecule has 4 rings (SSSR count). The summed E-state index contributed by atoms with van der Waals surface area (Å²) < 4.78 is 39.0. The van der Waals surface area contributed by atoms with Gasteiger partial charge in [0.15, 0.2) is 0 Å². The van der Waals surface area contributed by atoms with Crippen molar-refractivity contribution in [3.8, 4) is 0 Å². The van der Waals surface area contributed by atoms with Gasteiger partial charge in [-0.25, -0.2) is 18.4 Å². The number of aromatic amines is 1. The van der Waals surface area contributed by atoms with Gasteiger partial charge < -0.3 is 24.4 Å². The van der Waals surface area contributed by atoms with Gasteiger partial charge in [-0.1, -0.05) is 0 Å². The van der Waals surface area contributed by atoms with E-state index in [0.29, 0.717) is 19.5 Å². The Hall–Kier alpha value is -4.42. The van der Waals surface area contributed by atoms with Gasteiger partial charge in [0.05, 0.1) is 41.3 Å². The highest BCUT2D eigenvalue weighted by Crippen LogP contribution is 2.27. The van der Waals surface area contributed by atoms with Crippen LogP contribution in [0.1, 0.15) is 60.4 Å². The molecule has 4 unspecified atom stereocenters. The average molecular weight is 647 g/mol. The number of nitro groups is 2. The van der Waals surface area contributed by atoms with Gasteiger partial charge in [-0.2, -0.15) is 10.2 Å². The second-order valence-electron chi connectivity index (χ2n) is 12.2. The molecule has 4 heterocycles. The highest BCUT2D eigenvalue weighted by Gasteiger charge is 2.36. The van der Waals surface area contributed by atoms with Crippen molar-refractivity contribution in [2.75, 3.05) is 26.2 Å². The zero-order valence-electron chi connectivity index (χ0n) is 26.0. The molecule has 2 aromatic rings. The number of hydrogen-bond acceptors (Lipinski definition) is 11. The normalized spacial score (nSPS) is 21.8. The molecular weight excluding hydrogens is 606 g/mol. The van der Waals surface area contributed by atoms with Crippen molar-refractivity contribution in [3.63, 3.8) is 0 Å². The summed E-state index contributed by atoms with van der Waals surface area (Å²) in [6.07, 6.45) is 0.500. The SMILES string of the molecule is CC(C)(C)OC(=O)N1CCC(O)C(F)C1.CC(C)(C)OC(=O)N1CCC(n2cc([N+](=O)[O-])cn2)C(F)C1.O=[N+]([O-])c1cn[nH]c1. The number of H-pyrrole nitrogens is 1. The third-order valence-corrected chi connectivity index (χ3v) is 6.15. The molecule has 0 radical (unpaired) electrons. The molecule has 0 bridgehead atoms. The van der Waals surface area contributed by atoms with E-state index in [1.54, 1.807) is 41.5 Å². The van der Waals surface area contributed by atoms with Crippen molar-refractivity contribution < 1.29 is 42.8 Å². The lowest BCUT2D eigenvalue weighted by molar-refractivity contribution is -0.385. The van der Waals surface area contributed by atoms with Crippen molar-refractivity contribution in [2.45, 2.75) is 90.1 Å². The molecule has 45 heavy (non-hydrogen) atoms. The first kappa shape index (κ1) is 36.8. The minimum atomic E-state index is -1.37. The fourth-order valence-corrected chi connectivity index (χ4v) is 4.02. The second kappa shape index (κ2) is 15.5. The van der Waals surface area contributed by atoms with Gasteiger partial charge in [0.25, 0.3) is 0 Å². The van der Waals surface area contributed by atoms with Crippen molar-refractivity contribution in [1.29, 1.82) is 0 Å². The van der Waals surface area contributed by atoms with Crippen LogP contribution in [-0.4, -0.2) is 113 Å². The Balaban J connectivity index is 0.000000263. The van der Waals surface area contributed by atoms with Crippen LogP contribution in [0.15, 0.2) is 24.8 Å². The highest BCUT2D eigenvalue weighted by molar-refractivity contribution is 5.68. The number of nitrogens with one attached hydrogen (secondary N) is 1. The topological polar surface area (TPSA) is 212 Å². The Bertz CT molecular complexity index is 1280. The summed E-state index contributed by atoms with van der Waals surface area (Å²) in [5.74, 6) is 0. The van der Waals surface area contributed by atoms with Gasteiger partial charge in [0.2, 0.25) is 0 Å². The van der Waals surface area contributed by atoms with Crippen LogP contribution in [0.5, 0.6) is 0 Å². The number of ether oxygens (including phenoxy) is 2. The summed E-state index contributed by atoms with van der Waals surface area (Å²) in [7, 11) is 0. The Morgan fingerprint density at radius 1 is 0.911 bits per heavy atom. The maximum Gasteiger partial charge on any atom is 0.410 e. The van der Waals surface area contributed by atoms with Crippen molar-refractivity contribution in [3.05, 3.63) is 45.0 Å². The van der Waals surface area contributed by atoms with Crippen LogP contribution >= 0.6 is 0 Å². The number of nitrogens with zero attached hydrogens (tertiary/aromatic N) is 7. The summed E-state index contributed by atoms with van der Waals surface area (Å²) in [6, 6.07) is -0.618. The third kappa shape index (κ3) is 12.2. The molecule has 0 aromatic carbocycles. The number of piperidine rings is 2. The first-order chi connectivity index (χ1) is 20.8. The lowest BCUT2D eigenvalue weighted by Crippen LogP contribution is -2.48. The first-order valence-corrected chi connectivity index (χ1v) is 14.0. The van der Waals surface area contributed by atoms with Gasteiger partial charge >= 0.3 is 23.6 Å². The third-order valence-electron chi connectivity index (χ3n) is 6.15. The van der Waals surface area contributed by atoms with Crippen LogP contribution < -0.4 is 0 Å². The van der Waals surface area contributed by atoms with E-state index >= 15 is 0 Å². The number of rotatable bonds is 3. The summed E-state index contributed by atoms with van der Waals surface area (Å²) in [5.41, 5.74) is -1.40. The quantitative estimate of drug-likeness (QED) is 0.360. The minimum Gasteiger partial charge on any atom is -0.444 e. The molecule has 0 aliphatic carbocycles. The molecule has 2 amide bonds. The van der Waals surface area contributed by atoms with Gasteiger partial charge in [0.1, 0.15) is 42.1 Å². The van der Waals surface area contributed by atoms with E-state index < -0.39 is 57.7 Å². The number of aromatic nitrogens is 4. The number of hydrogen-bond donors (Lipinski definition) is 2. The number of aliphatic hydroxyl groups is 1. The number of likely N-dealkylation sites (tertiary alicyclic amines) is 2. The Morgan fingerprint density at radius 2 is 1.42 bits per heavy atom. The molecule has 252 valence electrons. The molecule has 19 heteroatoms. The van der Waals surface area contributed by atoms with Crippen LogP contribution in [-0.2, 0) is 9.47 Å². The van der Waals surface area contributed by atoms with Crippen LogP contribution in [0.3, 0.4) is 0 Å². The van der Waals surface area contributed by atoms with E-state index in [1.165, 1.54) is 26.9 Å². The number of carbonyl (C=O) groups is 2. The Morgan fingerprint density at radius 3 is 1.80 bits per heavy atom. The molecule has 4 atom stereocenters. The summed E-state index contributed by atoms with van der Waals surface area (Å²) in [6.45, 7) is 11.0. The standard InChI is InChI=1S/C13H19FN4O4.C10H18FNO3.C3H3N3O2/c1-13(2,3)22-12(19)16-5-4-11(10(14)8-16)17-7-9(6-15-17)18(20)21;1-10(2,3)15-9(14)12-5-4-8(13)7(11)6-12;7-6(8)3-1-4-5-2-3/h6-7,10-11H,4-5,8H2,1-3H3;7-8,13H,4-6H2,1-3H3;1-2H,(H,4,5). The molecule has 0 saturated carbocycles. The second-order valence-corrected chi connectivity index (χ2v) is 12.2. The van der Waals surface area contributed by atoms with E-state index in [1.807, 2.05) is 0 Å². The molecule has 2 N–H and O–H groups in total. The molecule has 2 fully saturated rings. The minimum absolute atomic E-state index is 0.00926. The molecule has 2 aromatic heterocycles. The van der Waals surface area contributed by atoms with E-state index in [-0.39, 0.29) is 30.9 Å². The number of carbonyl (C=O) groups excluding carboxylic acids is 2. The van der Waals surface area contributed by atoms with Gasteiger partial charge in [0, 0.05) is 13.1 Å². The Labute approximate surface area is 257 Å². The van der Waals surface area contributed by atoms with Crippen molar-refractivity contribution in [2.24, 2.45) is 0 Å². The summed E-state index contributed by atoms with van der Waals surface area (Å²) in [5, 5.41) is 39.1. The van der Waals surface area contributed by atoms with Gasteiger partial charge in [-0.05, 0) is 54.4 Å². The van der Waals surface area contributed by atoms with Gasteiger partial charge in [-0.3, -0.25) is 30.0 Å². The lowest BCUT2D eigenvalue weighted by atomic mass is 10.0. The first-order valence-electron chi connectivity index (χ1n) is 14.0. The largest absolute Gasteiger partial charge is 0.444 e. The number of amides is 2. The molecule has 2 aliphatic heterocycles. The van der Waals surface area contributed by atoms with Gasteiger partial charge in [-0.15, -0.1) is 0 Å². The smallest absolute Gasteiger partial charge is 0.410 e. The monoisotopic (exact) mass is 646 g/mol. The van der Waals surface area contributed by atoms with E-state index in [2.05, 4.69) is 15.3 Å². The number of aliphatic hydroxyl groups excluding tert-OH is 1. The van der Waals surface area contributed by atoms with E-state index in [0.717, 1.165) is 12.4 Å². The highest BCUT2D eigenvalue weighted by atomic mass is 19.1. The molecule has 2 saturated heterocycles. The van der Waals surface area contributed by atoms with Crippen molar-refractivity contribution >= 4 is 23.6 Å². The molecule has 2 aliphatic rings.